The maximum Gasteiger partial charge on any atom is 0.127 e. The number of unbranched alkanes of at least 4 members (excludes halogenated alkanes) is 1. The zero-order valence-corrected chi connectivity index (χ0v) is 10.7. The third kappa shape index (κ3) is 4.40. The van der Waals surface area contributed by atoms with Crippen LogP contribution in [0.1, 0.15) is 12.8 Å². The Balaban J connectivity index is 1.86. The van der Waals surface area contributed by atoms with Gasteiger partial charge >= 0.3 is 0 Å². The van der Waals surface area contributed by atoms with Crippen molar-refractivity contribution in [3.05, 3.63) is 54.6 Å². The highest BCUT2D eigenvalue weighted by Crippen LogP contribution is 2.23. The number of rotatable bonds is 6. The second-order valence-corrected chi connectivity index (χ2v) is 4.04. The van der Waals surface area contributed by atoms with E-state index in [1.54, 1.807) is 0 Å². The molecule has 2 nitrogen and oxygen atoms in total. The van der Waals surface area contributed by atoms with E-state index >= 15 is 0 Å². The minimum absolute atomic E-state index is 0.642. The Labute approximate surface area is 114 Å². The summed E-state index contributed by atoms with van der Waals surface area (Å²) in [6.45, 7) is 0.642. The Kier molecular flexibility index (Phi) is 4.89. The lowest BCUT2D eigenvalue weighted by Crippen LogP contribution is -1.96. The largest absolute Gasteiger partial charge is 0.494 e. The Morgan fingerprint density at radius 1 is 0.842 bits per heavy atom. The summed E-state index contributed by atoms with van der Waals surface area (Å²) in [7, 11) is 0. The van der Waals surface area contributed by atoms with Crippen LogP contribution >= 0.6 is 0 Å². The first kappa shape index (κ1) is 13.0. The molecule has 0 bridgehead atoms. The van der Waals surface area contributed by atoms with Crippen molar-refractivity contribution >= 4 is 0 Å². The number of hydrogen-bond donors (Lipinski definition) is 0. The van der Waals surface area contributed by atoms with E-state index in [0.29, 0.717) is 6.61 Å². The van der Waals surface area contributed by atoms with Gasteiger partial charge in [0.15, 0.2) is 0 Å². The van der Waals surface area contributed by atoms with Crippen molar-refractivity contribution < 1.29 is 9.47 Å². The Morgan fingerprint density at radius 3 is 2.16 bits per heavy atom. The van der Waals surface area contributed by atoms with Crippen LogP contribution in [-0.2, 0) is 0 Å². The molecule has 0 atom stereocenters. The third-order valence-electron chi connectivity index (χ3n) is 2.54. The molecule has 0 aliphatic heterocycles. The maximum atomic E-state index is 5.69. The first-order valence-corrected chi connectivity index (χ1v) is 6.28. The number of benzene rings is 2. The lowest BCUT2D eigenvalue weighted by atomic mass is 10.3. The zero-order valence-electron chi connectivity index (χ0n) is 10.7. The van der Waals surface area contributed by atoms with Crippen LogP contribution in [0.15, 0.2) is 54.6 Å². The molecule has 0 spiro atoms. The molecule has 2 rings (SSSR count). The van der Waals surface area contributed by atoms with Gasteiger partial charge in [-0.3, -0.25) is 0 Å². The van der Waals surface area contributed by atoms with Crippen LogP contribution in [-0.4, -0.2) is 6.61 Å². The summed E-state index contributed by atoms with van der Waals surface area (Å²) < 4.78 is 11.3. The maximum absolute atomic E-state index is 5.69. The van der Waals surface area contributed by atoms with Gasteiger partial charge in [-0.2, -0.15) is 0 Å². The molecule has 0 saturated carbocycles. The fourth-order valence-electron chi connectivity index (χ4n) is 1.59. The summed E-state index contributed by atoms with van der Waals surface area (Å²) in [6.07, 6.45) is 6.80. The van der Waals surface area contributed by atoms with Crippen LogP contribution in [0.3, 0.4) is 0 Å². The standard InChI is InChI=1S/C17H16O2/c1-2-3-7-14-18-15-10-12-17(13-11-15)19-16-8-5-4-6-9-16/h1,4-6,8-13H,3,7,14H2. The first-order chi connectivity index (χ1) is 9.38. The predicted molar refractivity (Wildman–Crippen MR) is 76.5 cm³/mol. The molecule has 19 heavy (non-hydrogen) atoms. The number of ether oxygens (including phenoxy) is 2. The summed E-state index contributed by atoms with van der Waals surface area (Å²) in [4.78, 5) is 0. The molecule has 0 saturated heterocycles. The fraction of sp³-hybridized carbons (Fsp3) is 0.176. The van der Waals surface area contributed by atoms with E-state index in [9.17, 15) is 0 Å². The van der Waals surface area contributed by atoms with E-state index < -0.39 is 0 Å². The molecule has 0 aromatic heterocycles. The van der Waals surface area contributed by atoms with E-state index in [2.05, 4.69) is 5.92 Å². The molecule has 2 aromatic rings. The van der Waals surface area contributed by atoms with Gasteiger partial charge in [0.25, 0.3) is 0 Å². The Hall–Kier alpha value is -2.40. The summed E-state index contributed by atoms with van der Waals surface area (Å²) in [5.41, 5.74) is 0. The molecule has 2 heteroatoms. The van der Waals surface area contributed by atoms with Crippen molar-refractivity contribution in [3.8, 4) is 29.6 Å². The second-order valence-electron chi connectivity index (χ2n) is 4.04. The molecule has 0 N–H and O–H groups in total. The molecule has 0 amide bonds. The monoisotopic (exact) mass is 252 g/mol. The van der Waals surface area contributed by atoms with Crippen LogP contribution in [0.4, 0.5) is 0 Å². The topological polar surface area (TPSA) is 18.5 Å². The average molecular weight is 252 g/mol. The molecular formula is C17H16O2. The summed E-state index contributed by atoms with van der Waals surface area (Å²) in [6, 6.07) is 17.3. The van der Waals surface area contributed by atoms with Crippen LogP contribution in [0, 0.1) is 12.3 Å². The number of hydrogen-bond acceptors (Lipinski definition) is 2. The minimum atomic E-state index is 0.642. The van der Waals surface area contributed by atoms with E-state index in [1.807, 2.05) is 54.6 Å². The van der Waals surface area contributed by atoms with Gasteiger partial charge in [0.2, 0.25) is 0 Å². The van der Waals surface area contributed by atoms with Crippen LogP contribution in [0.25, 0.3) is 0 Å². The fourth-order valence-corrected chi connectivity index (χ4v) is 1.59. The van der Waals surface area contributed by atoms with Gasteiger partial charge in [0, 0.05) is 6.42 Å². The predicted octanol–water partition coefficient (Wildman–Crippen LogP) is 4.27. The molecule has 2 aromatic carbocycles. The zero-order chi connectivity index (χ0) is 13.3. The van der Waals surface area contributed by atoms with Crippen LogP contribution in [0.5, 0.6) is 17.2 Å². The molecule has 96 valence electrons. The molecule has 0 aliphatic carbocycles. The molecule has 0 heterocycles. The van der Waals surface area contributed by atoms with Gasteiger partial charge in [-0.1, -0.05) is 18.2 Å². The van der Waals surface area contributed by atoms with Crippen molar-refractivity contribution in [2.75, 3.05) is 6.61 Å². The van der Waals surface area contributed by atoms with E-state index in [-0.39, 0.29) is 0 Å². The van der Waals surface area contributed by atoms with E-state index in [1.165, 1.54) is 0 Å². The van der Waals surface area contributed by atoms with E-state index in [0.717, 1.165) is 30.1 Å². The van der Waals surface area contributed by atoms with Gasteiger partial charge in [-0.25, -0.2) is 0 Å². The number of para-hydroxylation sites is 1. The quantitative estimate of drug-likeness (QED) is 0.564. The molecule has 0 unspecified atom stereocenters. The van der Waals surface area contributed by atoms with Gasteiger partial charge in [-0.15, -0.1) is 12.3 Å². The molecular weight excluding hydrogens is 236 g/mol. The van der Waals surface area contributed by atoms with Crippen molar-refractivity contribution in [1.29, 1.82) is 0 Å². The average Bonchev–Trinajstić information content (AvgIpc) is 2.46. The van der Waals surface area contributed by atoms with Crippen LogP contribution in [0.2, 0.25) is 0 Å². The number of terminal acetylenes is 1. The van der Waals surface area contributed by atoms with Gasteiger partial charge < -0.3 is 9.47 Å². The van der Waals surface area contributed by atoms with Crippen molar-refractivity contribution in [1.82, 2.24) is 0 Å². The molecule has 0 aliphatic rings. The van der Waals surface area contributed by atoms with Gasteiger partial charge in [0.1, 0.15) is 17.2 Å². The lowest BCUT2D eigenvalue weighted by Gasteiger charge is -2.07. The summed E-state index contributed by atoms with van der Waals surface area (Å²) >= 11 is 0. The van der Waals surface area contributed by atoms with E-state index in [4.69, 9.17) is 15.9 Å². The van der Waals surface area contributed by atoms with Crippen molar-refractivity contribution in [2.24, 2.45) is 0 Å². The Bertz CT molecular complexity index is 523. The smallest absolute Gasteiger partial charge is 0.127 e. The normalized spacial score (nSPS) is 9.63. The minimum Gasteiger partial charge on any atom is -0.494 e. The lowest BCUT2D eigenvalue weighted by molar-refractivity contribution is 0.312. The molecule has 0 fully saturated rings. The SMILES string of the molecule is C#CCCCOc1ccc(Oc2ccccc2)cc1. The van der Waals surface area contributed by atoms with Crippen LogP contribution < -0.4 is 9.47 Å². The Morgan fingerprint density at radius 2 is 1.47 bits per heavy atom. The van der Waals surface area contributed by atoms with Crippen molar-refractivity contribution in [3.63, 3.8) is 0 Å². The highest BCUT2D eigenvalue weighted by atomic mass is 16.5. The van der Waals surface area contributed by atoms with Gasteiger partial charge in [-0.05, 0) is 42.8 Å². The molecule has 0 radical (unpaired) electrons. The van der Waals surface area contributed by atoms with Crippen molar-refractivity contribution in [2.45, 2.75) is 12.8 Å². The highest BCUT2D eigenvalue weighted by molar-refractivity contribution is 5.35. The summed E-state index contributed by atoms with van der Waals surface area (Å²) in [5, 5.41) is 0. The second kappa shape index (κ2) is 7.13. The highest BCUT2D eigenvalue weighted by Gasteiger charge is 1.98. The summed E-state index contributed by atoms with van der Waals surface area (Å²) in [5.74, 6) is 5.04. The van der Waals surface area contributed by atoms with Gasteiger partial charge in [0.05, 0.1) is 6.61 Å². The third-order valence-corrected chi connectivity index (χ3v) is 2.54. The first-order valence-electron chi connectivity index (χ1n) is 6.28.